The van der Waals surface area contributed by atoms with Crippen LogP contribution in [0.25, 0.3) is 0 Å². The maximum atomic E-state index is 13.2. The summed E-state index contributed by atoms with van der Waals surface area (Å²) in [5.41, 5.74) is 3.52. The van der Waals surface area contributed by atoms with Gasteiger partial charge in [-0.2, -0.15) is 0 Å². The van der Waals surface area contributed by atoms with Crippen molar-refractivity contribution in [2.45, 2.75) is 38.8 Å². The van der Waals surface area contributed by atoms with E-state index in [4.69, 9.17) is 0 Å². The Labute approximate surface area is 190 Å². The van der Waals surface area contributed by atoms with Gasteiger partial charge >= 0.3 is 0 Å². The number of amides is 2. The van der Waals surface area contributed by atoms with Crippen LogP contribution < -0.4 is 0 Å². The van der Waals surface area contributed by atoms with E-state index in [-0.39, 0.29) is 11.8 Å². The molecule has 4 nitrogen and oxygen atoms in total. The molecule has 164 valence electrons. The fourth-order valence-corrected chi connectivity index (χ4v) is 4.19. The lowest BCUT2D eigenvalue weighted by atomic mass is 10.1. The zero-order chi connectivity index (χ0) is 22.2. The van der Waals surface area contributed by atoms with Crippen molar-refractivity contribution in [3.05, 3.63) is 107 Å². The van der Waals surface area contributed by atoms with Crippen LogP contribution in [0.4, 0.5) is 0 Å². The molecule has 0 aromatic heterocycles. The van der Waals surface area contributed by atoms with Gasteiger partial charge in [-0.25, -0.2) is 0 Å². The maximum Gasteiger partial charge on any atom is 0.254 e. The fraction of sp³-hybridized carbons (Fsp3) is 0.286. The number of rotatable bonds is 4. The first kappa shape index (κ1) is 21.8. The molecular weight excluding hydrogens is 396 g/mol. The van der Waals surface area contributed by atoms with Gasteiger partial charge in [-0.3, -0.25) is 9.59 Å². The van der Waals surface area contributed by atoms with Crippen molar-refractivity contribution >= 4 is 11.8 Å². The van der Waals surface area contributed by atoms with Crippen molar-refractivity contribution in [3.8, 4) is 0 Å². The summed E-state index contributed by atoms with van der Waals surface area (Å²) in [5, 5.41) is 0. The van der Waals surface area contributed by atoms with Gasteiger partial charge in [0.1, 0.15) is 0 Å². The zero-order valence-corrected chi connectivity index (χ0v) is 18.5. The Hall–Kier alpha value is -3.40. The Morgan fingerprint density at radius 2 is 0.875 bits per heavy atom. The lowest BCUT2D eigenvalue weighted by molar-refractivity contribution is 0.0721. The van der Waals surface area contributed by atoms with E-state index >= 15 is 0 Å². The molecule has 0 aliphatic carbocycles. The van der Waals surface area contributed by atoms with E-state index in [2.05, 4.69) is 24.3 Å². The molecule has 0 fully saturated rings. The van der Waals surface area contributed by atoms with Gasteiger partial charge in [0.15, 0.2) is 0 Å². The van der Waals surface area contributed by atoms with Crippen LogP contribution in [0.15, 0.2) is 84.9 Å². The molecule has 0 unspecified atom stereocenters. The molecule has 4 heteroatoms. The van der Waals surface area contributed by atoms with Crippen LogP contribution in [0.2, 0.25) is 0 Å². The molecule has 3 aromatic rings. The number of nitrogens with zero attached hydrogens (tertiary/aromatic N) is 2. The van der Waals surface area contributed by atoms with E-state index in [0.29, 0.717) is 24.2 Å². The molecule has 3 aromatic carbocycles. The van der Waals surface area contributed by atoms with Crippen LogP contribution in [-0.2, 0) is 13.1 Å². The van der Waals surface area contributed by atoms with Crippen molar-refractivity contribution in [2.75, 3.05) is 13.1 Å². The minimum absolute atomic E-state index is 0.0195. The summed E-state index contributed by atoms with van der Waals surface area (Å²) in [6.45, 7) is 2.68. The standard InChI is InChI=1S/C28H30N2O2/c31-27-25-15-17-26(18-16-25)28(32)30(22-24-13-7-4-8-14-24)20-10-2-1-9-19-29(27)21-23-11-5-3-6-12-23/h3-8,11-18H,1-2,9-10,19-22H2. The first-order valence-corrected chi connectivity index (χ1v) is 11.5. The molecule has 0 saturated heterocycles. The topological polar surface area (TPSA) is 40.6 Å². The fourth-order valence-electron chi connectivity index (χ4n) is 4.19. The van der Waals surface area contributed by atoms with E-state index in [1.165, 1.54) is 0 Å². The number of hydrogen-bond acceptors (Lipinski definition) is 2. The molecule has 2 aliphatic rings. The van der Waals surface area contributed by atoms with Gasteiger partial charge in [0.25, 0.3) is 11.8 Å². The van der Waals surface area contributed by atoms with E-state index in [1.807, 2.05) is 46.2 Å². The SMILES string of the molecule is O=C1c2ccc(cc2)C(=O)N(Cc2ccccc2)CCCCCCN1Cc1ccccc1. The highest BCUT2D eigenvalue weighted by atomic mass is 16.2. The molecule has 2 bridgehead atoms. The molecule has 2 heterocycles. The molecule has 32 heavy (non-hydrogen) atoms. The first-order valence-electron chi connectivity index (χ1n) is 11.5. The third kappa shape index (κ3) is 5.64. The van der Waals surface area contributed by atoms with Crippen LogP contribution in [0.1, 0.15) is 57.5 Å². The smallest absolute Gasteiger partial charge is 0.254 e. The normalized spacial score (nSPS) is 15.6. The lowest BCUT2D eigenvalue weighted by Gasteiger charge is -2.25. The number of carbonyl (C=O) groups excluding carboxylic acids is 2. The van der Waals surface area contributed by atoms with Crippen molar-refractivity contribution in [3.63, 3.8) is 0 Å². The predicted octanol–water partition coefficient (Wildman–Crippen LogP) is 5.55. The molecule has 0 N–H and O–H groups in total. The average Bonchev–Trinajstić information content (AvgIpc) is 2.84. The van der Waals surface area contributed by atoms with Gasteiger partial charge in [-0.05, 0) is 48.2 Å². The highest BCUT2D eigenvalue weighted by Crippen LogP contribution is 2.17. The Balaban J connectivity index is 1.55. The van der Waals surface area contributed by atoms with Gasteiger partial charge in [-0.1, -0.05) is 73.5 Å². The second-order valence-corrected chi connectivity index (χ2v) is 8.42. The summed E-state index contributed by atoms with van der Waals surface area (Å²) in [6, 6.07) is 27.4. The summed E-state index contributed by atoms with van der Waals surface area (Å²) in [4.78, 5) is 30.3. The summed E-state index contributed by atoms with van der Waals surface area (Å²) in [5.74, 6) is 0.0390. The highest BCUT2D eigenvalue weighted by Gasteiger charge is 2.20. The number of fused-ring (bicyclic) bond motifs is 11. The van der Waals surface area contributed by atoms with Gasteiger partial charge in [0.05, 0.1) is 0 Å². The molecule has 0 radical (unpaired) electrons. The molecule has 0 atom stereocenters. The molecular formula is C28H30N2O2. The van der Waals surface area contributed by atoms with Crippen LogP contribution in [0.3, 0.4) is 0 Å². The molecule has 2 amide bonds. The van der Waals surface area contributed by atoms with Crippen LogP contribution >= 0.6 is 0 Å². The Morgan fingerprint density at radius 3 is 1.25 bits per heavy atom. The van der Waals surface area contributed by atoms with E-state index < -0.39 is 0 Å². The summed E-state index contributed by atoms with van der Waals surface area (Å²) in [6.07, 6.45) is 4.01. The van der Waals surface area contributed by atoms with Gasteiger partial charge in [-0.15, -0.1) is 0 Å². The number of hydrogen-bond donors (Lipinski definition) is 0. The number of benzene rings is 3. The molecule has 5 rings (SSSR count). The highest BCUT2D eigenvalue weighted by molar-refractivity contribution is 5.97. The maximum absolute atomic E-state index is 13.2. The Kier molecular flexibility index (Phi) is 7.34. The Morgan fingerprint density at radius 1 is 0.500 bits per heavy atom. The third-order valence-electron chi connectivity index (χ3n) is 5.99. The molecule has 0 saturated carbocycles. The van der Waals surface area contributed by atoms with Crippen molar-refractivity contribution in [2.24, 2.45) is 0 Å². The summed E-state index contributed by atoms with van der Waals surface area (Å²) in [7, 11) is 0. The van der Waals surface area contributed by atoms with Crippen LogP contribution in [0, 0.1) is 0 Å². The number of carbonyl (C=O) groups is 2. The van der Waals surface area contributed by atoms with Gasteiger partial charge in [0, 0.05) is 37.3 Å². The molecule has 0 spiro atoms. The van der Waals surface area contributed by atoms with Crippen LogP contribution in [-0.4, -0.2) is 34.7 Å². The van der Waals surface area contributed by atoms with Crippen LogP contribution in [0.5, 0.6) is 0 Å². The van der Waals surface area contributed by atoms with Crippen molar-refractivity contribution in [1.82, 2.24) is 9.80 Å². The van der Waals surface area contributed by atoms with E-state index in [0.717, 1.165) is 49.9 Å². The largest absolute Gasteiger partial charge is 0.334 e. The summed E-state index contributed by atoms with van der Waals surface area (Å²) >= 11 is 0. The summed E-state index contributed by atoms with van der Waals surface area (Å²) < 4.78 is 0. The average molecular weight is 427 g/mol. The van der Waals surface area contributed by atoms with Crippen molar-refractivity contribution in [1.29, 1.82) is 0 Å². The lowest BCUT2D eigenvalue weighted by Crippen LogP contribution is -2.33. The quantitative estimate of drug-likeness (QED) is 0.549. The first-order chi connectivity index (χ1) is 15.7. The van der Waals surface area contributed by atoms with Gasteiger partial charge < -0.3 is 9.80 Å². The van der Waals surface area contributed by atoms with E-state index in [1.54, 1.807) is 24.3 Å². The third-order valence-corrected chi connectivity index (χ3v) is 5.99. The zero-order valence-electron chi connectivity index (χ0n) is 18.5. The monoisotopic (exact) mass is 426 g/mol. The minimum atomic E-state index is 0.0195. The van der Waals surface area contributed by atoms with Gasteiger partial charge in [0.2, 0.25) is 0 Å². The van der Waals surface area contributed by atoms with E-state index in [9.17, 15) is 9.59 Å². The van der Waals surface area contributed by atoms with Crippen molar-refractivity contribution < 1.29 is 9.59 Å². The minimum Gasteiger partial charge on any atom is -0.334 e. The second kappa shape index (κ2) is 10.8. The predicted molar refractivity (Wildman–Crippen MR) is 127 cm³/mol. The second-order valence-electron chi connectivity index (χ2n) is 8.42. The molecule has 2 aliphatic heterocycles. The Bertz CT molecular complexity index is 932.